The third-order valence-corrected chi connectivity index (χ3v) is 3.44. The first-order valence-corrected chi connectivity index (χ1v) is 6.27. The number of hydrogen-bond acceptors (Lipinski definition) is 2. The molecule has 82 valence electrons. The van der Waals surface area contributed by atoms with E-state index < -0.39 is 0 Å². The zero-order valence-corrected chi connectivity index (χ0v) is 10.5. The first kappa shape index (κ1) is 11.1. The van der Waals surface area contributed by atoms with Gasteiger partial charge in [0.15, 0.2) is 0 Å². The summed E-state index contributed by atoms with van der Waals surface area (Å²) in [6.45, 7) is 4.47. The highest BCUT2D eigenvalue weighted by Crippen LogP contribution is 2.17. The molecule has 3 heteroatoms. The molecule has 0 amide bonds. The van der Waals surface area contributed by atoms with Crippen molar-refractivity contribution in [2.75, 3.05) is 13.1 Å². The highest BCUT2D eigenvalue weighted by Gasteiger charge is 2.16. The maximum Gasteiger partial charge on any atom is 0.0294 e. The summed E-state index contributed by atoms with van der Waals surface area (Å²) in [5, 5.41) is 7.01. The predicted molar refractivity (Wildman–Crippen MR) is 67.0 cm³/mol. The van der Waals surface area contributed by atoms with E-state index in [1.54, 1.807) is 0 Å². The number of hydrogen-bond donors (Lipinski definition) is 2. The van der Waals surface area contributed by atoms with Gasteiger partial charge in [-0.05, 0) is 37.6 Å². The van der Waals surface area contributed by atoms with E-state index in [-0.39, 0.29) is 0 Å². The average molecular weight is 269 g/mol. The zero-order chi connectivity index (χ0) is 10.7. The van der Waals surface area contributed by atoms with Crippen LogP contribution in [0.3, 0.4) is 0 Å². The number of rotatable bonds is 3. The molecule has 2 rings (SSSR count). The fraction of sp³-hybridized carbons (Fsp3) is 0.500. The van der Waals surface area contributed by atoms with Crippen molar-refractivity contribution in [2.24, 2.45) is 0 Å². The lowest BCUT2D eigenvalue weighted by molar-refractivity contribution is 0.478. The lowest BCUT2D eigenvalue weighted by atomic mass is 10.1. The predicted octanol–water partition coefficient (Wildman–Crippen LogP) is 2.46. The van der Waals surface area contributed by atoms with Gasteiger partial charge in [0.1, 0.15) is 0 Å². The van der Waals surface area contributed by atoms with Gasteiger partial charge in [0.05, 0.1) is 0 Å². The Morgan fingerprint density at radius 1 is 1.40 bits per heavy atom. The van der Waals surface area contributed by atoms with E-state index in [0.717, 1.165) is 17.6 Å². The second kappa shape index (κ2) is 5.10. The molecule has 15 heavy (non-hydrogen) atoms. The summed E-state index contributed by atoms with van der Waals surface area (Å²) in [7, 11) is 0. The van der Waals surface area contributed by atoms with Crippen molar-refractivity contribution >= 4 is 15.9 Å². The smallest absolute Gasteiger partial charge is 0.0294 e. The summed E-state index contributed by atoms with van der Waals surface area (Å²) in [6, 6.07) is 9.60. The van der Waals surface area contributed by atoms with Gasteiger partial charge in [-0.1, -0.05) is 28.1 Å². The molecule has 1 aliphatic heterocycles. The van der Waals surface area contributed by atoms with Crippen LogP contribution in [-0.4, -0.2) is 19.1 Å². The Labute approximate surface area is 99.6 Å². The highest BCUT2D eigenvalue weighted by atomic mass is 79.9. The van der Waals surface area contributed by atoms with Crippen molar-refractivity contribution in [2.45, 2.75) is 25.4 Å². The molecule has 0 radical (unpaired) electrons. The normalized spacial score (nSPS) is 22.9. The van der Waals surface area contributed by atoms with Crippen molar-refractivity contribution in [3.8, 4) is 0 Å². The Hall–Kier alpha value is -0.380. The molecule has 1 aliphatic rings. The Balaban J connectivity index is 1.94. The maximum absolute atomic E-state index is 3.64. The van der Waals surface area contributed by atoms with E-state index in [9.17, 15) is 0 Å². The van der Waals surface area contributed by atoms with Gasteiger partial charge in [-0.15, -0.1) is 0 Å². The van der Waals surface area contributed by atoms with Crippen molar-refractivity contribution in [3.05, 3.63) is 34.3 Å². The second-order valence-corrected chi connectivity index (χ2v) is 5.05. The lowest BCUT2D eigenvalue weighted by Gasteiger charge is -2.19. The second-order valence-electron chi connectivity index (χ2n) is 4.13. The standard InChI is InChI=1S/C12H17BrN2/c1-9(15-12-6-7-14-8-12)10-2-4-11(13)5-3-10/h2-5,9,12,14-15H,6-8H2,1H3/t9-,12?/m0/s1. The fourth-order valence-corrected chi connectivity index (χ4v) is 2.26. The van der Waals surface area contributed by atoms with E-state index in [0.29, 0.717) is 12.1 Å². The van der Waals surface area contributed by atoms with Gasteiger partial charge >= 0.3 is 0 Å². The monoisotopic (exact) mass is 268 g/mol. The quantitative estimate of drug-likeness (QED) is 0.880. The Kier molecular flexibility index (Phi) is 3.78. The van der Waals surface area contributed by atoms with Crippen LogP contribution in [0, 0.1) is 0 Å². The largest absolute Gasteiger partial charge is 0.315 e. The van der Waals surface area contributed by atoms with Crippen LogP contribution in [0.5, 0.6) is 0 Å². The summed E-state index contributed by atoms with van der Waals surface area (Å²) < 4.78 is 1.14. The van der Waals surface area contributed by atoms with E-state index in [2.05, 4.69) is 57.8 Å². The minimum absolute atomic E-state index is 0.433. The molecule has 2 atom stereocenters. The van der Waals surface area contributed by atoms with E-state index >= 15 is 0 Å². The summed E-state index contributed by atoms with van der Waals surface area (Å²) in [4.78, 5) is 0. The van der Waals surface area contributed by atoms with Crippen LogP contribution in [0.4, 0.5) is 0 Å². The minimum atomic E-state index is 0.433. The topological polar surface area (TPSA) is 24.1 Å². The Bertz CT molecular complexity index is 304. The van der Waals surface area contributed by atoms with Crippen LogP contribution in [-0.2, 0) is 0 Å². The van der Waals surface area contributed by atoms with Crippen molar-refractivity contribution < 1.29 is 0 Å². The molecule has 1 heterocycles. The highest BCUT2D eigenvalue weighted by molar-refractivity contribution is 9.10. The SMILES string of the molecule is C[C@H](NC1CCNC1)c1ccc(Br)cc1. The van der Waals surface area contributed by atoms with Gasteiger partial charge < -0.3 is 10.6 Å². The lowest BCUT2D eigenvalue weighted by Crippen LogP contribution is -2.33. The minimum Gasteiger partial charge on any atom is -0.315 e. The third kappa shape index (κ3) is 3.03. The molecule has 2 nitrogen and oxygen atoms in total. The van der Waals surface area contributed by atoms with Crippen molar-refractivity contribution in [1.29, 1.82) is 0 Å². The van der Waals surface area contributed by atoms with E-state index in [4.69, 9.17) is 0 Å². The summed E-state index contributed by atoms with van der Waals surface area (Å²) in [5.74, 6) is 0. The van der Waals surface area contributed by atoms with Gasteiger partial charge in [0, 0.05) is 23.1 Å². The van der Waals surface area contributed by atoms with Crippen molar-refractivity contribution in [3.63, 3.8) is 0 Å². The molecular weight excluding hydrogens is 252 g/mol. The molecule has 1 unspecified atom stereocenters. The molecule has 1 saturated heterocycles. The zero-order valence-electron chi connectivity index (χ0n) is 8.96. The van der Waals surface area contributed by atoms with Crippen LogP contribution in [0.15, 0.2) is 28.7 Å². The molecule has 0 saturated carbocycles. The molecule has 0 bridgehead atoms. The van der Waals surface area contributed by atoms with Gasteiger partial charge in [0.2, 0.25) is 0 Å². The summed E-state index contributed by atoms with van der Waals surface area (Å²) in [5.41, 5.74) is 1.35. The van der Waals surface area contributed by atoms with Crippen LogP contribution >= 0.6 is 15.9 Å². The van der Waals surface area contributed by atoms with E-state index in [1.807, 2.05) is 0 Å². The Morgan fingerprint density at radius 3 is 2.73 bits per heavy atom. The fourth-order valence-electron chi connectivity index (χ4n) is 2.00. The van der Waals surface area contributed by atoms with Crippen LogP contribution < -0.4 is 10.6 Å². The number of halogens is 1. The van der Waals surface area contributed by atoms with Crippen molar-refractivity contribution in [1.82, 2.24) is 10.6 Å². The van der Waals surface area contributed by atoms with Gasteiger partial charge in [0.25, 0.3) is 0 Å². The number of nitrogens with one attached hydrogen (secondary N) is 2. The molecule has 0 spiro atoms. The first-order chi connectivity index (χ1) is 7.25. The summed E-state index contributed by atoms with van der Waals surface area (Å²) >= 11 is 3.45. The average Bonchev–Trinajstić information content (AvgIpc) is 2.71. The third-order valence-electron chi connectivity index (χ3n) is 2.92. The van der Waals surface area contributed by atoms with Crippen LogP contribution in [0.1, 0.15) is 24.9 Å². The maximum atomic E-state index is 3.64. The molecule has 1 aromatic carbocycles. The molecule has 1 aromatic rings. The molecule has 0 aliphatic carbocycles. The van der Waals surface area contributed by atoms with Crippen LogP contribution in [0.2, 0.25) is 0 Å². The van der Waals surface area contributed by atoms with Gasteiger partial charge in [-0.2, -0.15) is 0 Å². The molecular formula is C12H17BrN2. The Morgan fingerprint density at radius 2 is 2.13 bits per heavy atom. The first-order valence-electron chi connectivity index (χ1n) is 5.48. The molecule has 2 N–H and O–H groups in total. The summed E-state index contributed by atoms with van der Waals surface area (Å²) in [6.07, 6.45) is 1.24. The van der Waals surface area contributed by atoms with Crippen LogP contribution in [0.25, 0.3) is 0 Å². The number of benzene rings is 1. The van der Waals surface area contributed by atoms with Gasteiger partial charge in [-0.25, -0.2) is 0 Å². The molecule has 0 aromatic heterocycles. The van der Waals surface area contributed by atoms with Gasteiger partial charge in [-0.3, -0.25) is 0 Å². The molecule has 1 fully saturated rings. The van der Waals surface area contributed by atoms with E-state index in [1.165, 1.54) is 12.0 Å².